The third-order valence-corrected chi connectivity index (χ3v) is 2.28. The van der Waals surface area contributed by atoms with Crippen LogP contribution in [-0.4, -0.2) is 15.0 Å². The van der Waals surface area contributed by atoms with Gasteiger partial charge >= 0.3 is 0 Å². The second-order valence-electron chi connectivity index (χ2n) is 3.70. The molecule has 0 bridgehead atoms. The number of aromatic nitrogens is 3. The fourth-order valence-corrected chi connectivity index (χ4v) is 1.43. The van der Waals surface area contributed by atoms with Crippen molar-refractivity contribution in [1.82, 2.24) is 15.0 Å². The van der Waals surface area contributed by atoms with E-state index in [0.29, 0.717) is 6.54 Å². The minimum atomic E-state index is -0.738. The maximum atomic E-state index is 13.5. The summed E-state index contributed by atoms with van der Waals surface area (Å²) in [7, 11) is 0. The van der Waals surface area contributed by atoms with Crippen LogP contribution >= 0.6 is 0 Å². The van der Waals surface area contributed by atoms with Gasteiger partial charge in [0.2, 0.25) is 5.88 Å². The van der Waals surface area contributed by atoms with Crippen LogP contribution in [0.1, 0.15) is 13.3 Å². The van der Waals surface area contributed by atoms with Gasteiger partial charge in [-0.25, -0.2) is 13.5 Å². The summed E-state index contributed by atoms with van der Waals surface area (Å²) in [6.45, 7) is 2.53. The number of rotatable bonds is 4. The number of halogens is 2. The SMILES string of the molecule is CCCn1nncc1Oc1cc(F)c(N)cc1F. The van der Waals surface area contributed by atoms with E-state index in [1.165, 1.54) is 10.9 Å². The maximum Gasteiger partial charge on any atom is 0.238 e. The van der Waals surface area contributed by atoms with Crippen LogP contribution in [-0.2, 0) is 6.54 Å². The number of benzene rings is 1. The van der Waals surface area contributed by atoms with E-state index in [4.69, 9.17) is 10.5 Å². The van der Waals surface area contributed by atoms with Crippen molar-refractivity contribution in [1.29, 1.82) is 0 Å². The molecule has 2 rings (SSSR count). The molecule has 0 spiro atoms. The van der Waals surface area contributed by atoms with Crippen LogP contribution in [0.4, 0.5) is 14.5 Å². The Kier molecular flexibility index (Phi) is 3.40. The Balaban J connectivity index is 2.28. The summed E-state index contributed by atoms with van der Waals surface area (Å²) in [5, 5.41) is 7.43. The first-order chi connectivity index (χ1) is 8.61. The summed E-state index contributed by atoms with van der Waals surface area (Å²) in [5.41, 5.74) is 4.98. The minimum absolute atomic E-state index is 0.249. The Morgan fingerprint density at radius 2 is 2.11 bits per heavy atom. The molecule has 0 amide bonds. The van der Waals surface area contributed by atoms with E-state index in [2.05, 4.69) is 10.3 Å². The monoisotopic (exact) mass is 254 g/mol. The second-order valence-corrected chi connectivity index (χ2v) is 3.70. The number of nitrogens with zero attached hydrogens (tertiary/aromatic N) is 3. The van der Waals surface area contributed by atoms with Crippen molar-refractivity contribution in [3.63, 3.8) is 0 Å². The van der Waals surface area contributed by atoms with E-state index in [0.717, 1.165) is 18.6 Å². The van der Waals surface area contributed by atoms with Crippen LogP contribution in [0.2, 0.25) is 0 Å². The Morgan fingerprint density at radius 3 is 2.83 bits per heavy atom. The standard InChI is InChI=1S/C11H12F2N4O/c1-2-3-17-11(6-15-16-17)18-10-5-7(12)9(14)4-8(10)13/h4-6H,2-3,14H2,1H3. The Labute approximate surface area is 102 Å². The molecule has 1 heterocycles. The van der Waals surface area contributed by atoms with E-state index >= 15 is 0 Å². The third-order valence-electron chi connectivity index (χ3n) is 2.28. The van der Waals surface area contributed by atoms with Crippen LogP contribution in [0.5, 0.6) is 11.6 Å². The smallest absolute Gasteiger partial charge is 0.238 e. The van der Waals surface area contributed by atoms with Crippen molar-refractivity contribution in [2.75, 3.05) is 5.73 Å². The van der Waals surface area contributed by atoms with E-state index in [1.807, 2.05) is 6.92 Å². The number of hydrogen-bond acceptors (Lipinski definition) is 4. The molecule has 0 saturated heterocycles. The molecule has 1 aromatic carbocycles. The lowest BCUT2D eigenvalue weighted by atomic mass is 10.3. The highest BCUT2D eigenvalue weighted by Gasteiger charge is 2.12. The summed E-state index contributed by atoms with van der Waals surface area (Å²) in [4.78, 5) is 0. The zero-order valence-electron chi connectivity index (χ0n) is 9.73. The van der Waals surface area contributed by atoms with Crippen LogP contribution in [0, 0.1) is 11.6 Å². The minimum Gasteiger partial charge on any atom is -0.434 e. The fraction of sp³-hybridized carbons (Fsp3) is 0.273. The number of nitrogens with two attached hydrogens (primary N) is 1. The van der Waals surface area contributed by atoms with Gasteiger partial charge in [0, 0.05) is 18.7 Å². The third kappa shape index (κ3) is 2.39. The molecule has 0 unspecified atom stereocenters. The van der Waals surface area contributed by atoms with Gasteiger partial charge in [-0.3, -0.25) is 0 Å². The number of hydrogen-bond donors (Lipinski definition) is 1. The maximum absolute atomic E-state index is 13.5. The molecule has 0 radical (unpaired) electrons. The highest BCUT2D eigenvalue weighted by atomic mass is 19.1. The second kappa shape index (κ2) is 4.99. The average Bonchev–Trinajstić information content (AvgIpc) is 2.74. The number of nitrogen functional groups attached to an aromatic ring is 1. The van der Waals surface area contributed by atoms with Crippen LogP contribution in [0.25, 0.3) is 0 Å². The summed E-state index contributed by atoms with van der Waals surface area (Å²) in [5.74, 6) is -1.47. The molecular formula is C11H12F2N4O. The van der Waals surface area contributed by atoms with Gasteiger partial charge in [0.15, 0.2) is 11.6 Å². The van der Waals surface area contributed by atoms with Crippen LogP contribution in [0.15, 0.2) is 18.3 Å². The lowest BCUT2D eigenvalue weighted by Crippen LogP contribution is -2.03. The quantitative estimate of drug-likeness (QED) is 0.850. The lowest BCUT2D eigenvalue weighted by molar-refractivity contribution is 0.384. The van der Waals surface area contributed by atoms with E-state index < -0.39 is 11.6 Å². The Morgan fingerprint density at radius 1 is 1.33 bits per heavy atom. The van der Waals surface area contributed by atoms with Gasteiger partial charge in [-0.2, -0.15) is 0 Å². The first-order valence-corrected chi connectivity index (χ1v) is 5.42. The zero-order valence-corrected chi connectivity index (χ0v) is 9.73. The Hall–Kier alpha value is -2.18. The molecule has 0 fully saturated rings. The number of ether oxygens (including phenoxy) is 1. The molecule has 0 aliphatic carbocycles. The van der Waals surface area contributed by atoms with Gasteiger partial charge in [-0.05, 0) is 6.42 Å². The molecule has 96 valence electrons. The summed E-state index contributed by atoms with van der Waals surface area (Å²) < 4.78 is 33.4. The summed E-state index contributed by atoms with van der Waals surface area (Å²) >= 11 is 0. The molecule has 2 N–H and O–H groups in total. The van der Waals surface area contributed by atoms with Gasteiger partial charge in [0.25, 0.3) is 0 Å². The molecular weight excluding hydrogens is 242 g/mol. The molecule has 1 aromatic heterocycles. The first kappa shape index (κ1) is 12.3. The lowest BCUT2D eigenvalue weighted by Gasteiger charge is -2.08. The molecule has 0 atom stereocenters. The van der Waals surface area contributed by atoms with E-state index in [1.54, 1.807) is 0 Å². The van der Waals surface area contributed by atoms with Gasteiger partial charge in [0.05, 0.1) is 5.69 Å². The highest BCUT2D eigenvalue weighted by molar-refractivity contribution is 5.45. The topological polar surface area (TPSA) is 66.0 Å². The van der Waals surface area contributed by atoms with Crippen LogP contribution < -0.4 is 10.5 Å². The first-order valence-electron chi connectivity index (χ1n) is 5.42. The van der Waals surface area contributed by atoms with Crippen LogP contribution in [0.3, 0.4) is 0 Å². The molecule has 18 heavy (non-hydrogen) atoms. The average molecular weight is 254 g/mol. The van der Waals surface area contributed by atoms with Gasteiger partial charge < -0.3 is 10.5 Å². The van der Waals surface area contributed by atoms with Crippen molar-refractivity contribution in [3.8, 4) is 11.6 Å². The van der Waals surface area contributed by atoms with Gasteiger partial charge in [-0.1, -0.05) is 12.1 Å². The molecule has 0 saturated carbocycles. The van der Waals surface area contributed by atoms with E-state index in [-0.39, 0.29) is 17.3 Å². The predicted molar refractivity (Wildman–Crippen MR) is 61.2 cm³/mol. The Bertz CT molecular complexity index is 556. The van der Waals surface area contributed by atoms with Crippen molar-refractivity contribution < 1.29 is 13.5 Å². The van der Waals surface area contributed by atoms with Crippen molar-refractivity contribution in [3.05, 3.63) is 30.0 Å². The zero-order chi connectivity index (χ0) is 13.1. The van der Waals surface area contributed by atoms with Gasteiger partial charge in [0.1, 0.15) is 12.0 Å². The van der Waals surface area contributed by atoms with Crippen molar-refractivity contribution in [2.45, 2.75) is 19.9 Å². The number of aryl methyl sites for hydroxylation is 1. The number of anilines is 1. The largest absolute Gasteiger partial charge is 0.434 e. The van der Waals surface area contributed by atoms with Crippen molar-refractivity contribution >= 4 is 5.69 Å². The molecule has 0 aliphatic rings. The van der Waals surface area contributed by atoms with Crippen molar-refractivity contribution in [2.24, 2.45) is 0 Å². The van der Waals surface area contributed by atoms with E-state index in [9.17, 15) is 8.78 Å². The summed E-state index contributed by atoms with van der Waals surface area (Å²) in [6.07, 6.45) is 2.15. The highest BCUT2D eigenvalue weighted by Crippen LogP contribution is 2.27. The predicted octanol–water partition coefficient (Wildman–Crippen LogP) is 2.34. The normalized spacial score (nSPS) is 10.6. The molecule has 0 aliphatic heterocycles. The molecule has 7 heteroatoms. The molecule has 2 aromatic rings. The van der Waals surface area contributed by atoms with Gasteiger partial charge in [-0.15, -0.1) is 5.10 Å². The summed E-state index contributed by atoms with van der Waals surface area (Å²) in [6, 6.07) is 1.77. The molecule has 5 nitrogen and oxygen atoms in total. The fourth-order valence-electron chi connectivity index (χ4n) is 1.43.